The Kier molecular flexibility index (Phi) is 2.93. The number of carbonyl (C=O) groups is 1. The number of rotatable bonds is 2. The summed E-state index contributed by atoms with van der Waals surface area (Å²) >= 11 is 0. The Hall–Kier alpha value is -2.05. The standard InChI is InChI=1S/C8H5F2NO4/c1-15-8(12)4-2-3-5(9)7(6(4)10)11(13)14/h2-3H,1H3. The van der Waals surface area contributed by atoms with Gasteiger partial charge < -0.3 is 4.74 Å². The van der Waals surface area contributed by atoms with Crippen molar-refractivity contribution in [1.29, 1.82) is 0 Å². The molecule has 1 aromatic carbocycles. The van der Waals surface area contributed by atoms with Crippen LogP contribution in [0, 0.1) is 21.7 Å². The number of hydrogen-bond donors (Lipinski definition) is 0. The van der Waals surface area contributed by atoms with Gasteiger partial charge in [-0.3, -0.25) is 10.1 Å². The molecule has 0 aliphatic carbocycles. The van der Waals surface area contributed by atoms with Crippen molar-refractivity contribution < 1.29 is 23.2 Å². The van der Waals surface area contributed by atoms with Gasteiger partial charge in [-0.2, -0.15) is 8.78 Å². The quantitative estimate of drug-likeness (QED) is 0.429. The normalized spacial score (nSPS) is 9.80. The molecule has 0 amide bonds. The van der Waals surface area contributed by atoms with E-state index in [0.717, 1.165) is 13.2 Å². The number of nitro groups is 1. The van der Waals surface area contributed by atoms with E-state index in [0.29, 0.717) is 6.07 Å². The Bertz CT molecular complexity index is 433. The second kappa shape index (κ2) is 3.99. The van der Waals surface area contributed by atoms with E-state index in [-0.39, 0.29) is 0 Å². The summed E-state index contributed by atoms with van der Waals surface area (Å²) in [5.41, 5.74) is -2.04. The van der Waals surface area contributed by atoms with E-state index in [1.165, 1.54) is 0 Å². The van der Waals surface area contributed by atoms with Gasteiger partial charge in [0.05, 0.1) is 12.0 Å². The highest BCUT2D eigenvalue weighted by Gasteiger charge is 2.27. The summed E-state index contributed by atoms with van der Waals surface area (Å²) in [6.07, 6.45) is 0. The van der Waals surface area contributed by atoms with Gasteiger partial charge in [-0.1, -0.05) is 0 Å². The van der Waals surface area contributed by atoms with Gasteiger partial charge >= 0.3 is 11.7 Å². The average molecular weight is 217 g/mol. The van der Waals surface area contributed by atoms with Gasteiger partial charge in [0.25, 0.3) is 0 Å². The van der Waals surface area contributed by atoms with Crippen molar-refractivity contribution in [2.45, 2.75) is 0 Å². The average Bonchev–Trinajstić information content (AvgIpc) is 2.16. The Morgan fingerprint density at radius 2 is 2.07 bits per heavy atom. The van der Waals surface area contributed by atoms with Crippen LogP contribution in [0.5, 0.6) is 0 Å². The first-order chi connectivity index (χ1) is 6.99. The van der Waals surface area contributed by atoms with Crippen LogP contribution in [0.25, 0.3) is 0 Å². The number of carbonyl (C=O) groups excluding carboxylic acids is 1. The zero-order valence-corrected chi connectivity index (χ0v) is 7.49. The van der Waals surface area contributed by atoms with E-state index in [9.17, 15) is 23.7 Å². The number of nitrogens with zero attached hydrogens (tertiary/aromatic N) is 1. The van der Waals surface area contributed by atoms with Crippen LogP contribution in [0.1, 0.15) is 10.4 Å². The number of ether oxygens (including phenoxy) is 1. The van der Waals surface area contributed by atoms with Gasteiger partial charge in [-0.15, -0.1) is 0 Å². The summed E-state index contributed by atoms with van der Waals surface area (Å²) < 4.78 is 30.2. The molecule has 1 aromatic rings. The molecule has 5 nitrogen and oxygen atoms in total. The summed E-state index contributed by atoms with van der Waals surface area (Å²) in [4.78, 5) is 20.0. The lowest BCUT2D eigenvalue weighted by Gasteiger charge is -2.01. The van der Waals surface area contributed by atoms with Crippen molar-refractivity contribution in [3.8, 4) is 0 Å². The fraction of sp³-hybridized carbons (Fsp3) is 0.125. The minimum atomic E-state index is -1.54. The van der Waals surface area contributed by atoms with Gasteiger partial charge in [0, 0.05) is 0 Å². The summed E-state index contributed by atoms with van der Waals surface area (Å²) in [7, 11) is 0.983. The molecule has 0 aliphatic heterocycles. The van der Waals surface area contributed by atoms with Crippen LogP contribution < -0.4 is 0 Å². The van der Waals surface area contributed by atoms with Gasteiger partial charge in [-0.05, 0) is 12.1 Å². The fourth-order valence-electron chi connectivity index (χ4n) is 0.976. The van der Waals surface area contributed by atoms with Crippen molar-refractivity contribution in [3.05, 3.63) is 39.4 Å². The number of esters is 1. The lowest BCUT2D eigenvalue weighted by atomic mass is 10.2. The molecule has 0 bridgehead atoms. The summed E-state index contributed by atoms with van der Waals surface area (Å²) in [6.45, 7) is 0. The zero-order chi connectivity index (χ0) is 11.6. The first-order valence-corrected chi connectivity index (χ1v) is 3.69. The molecule has 15 heavy (non-hydrogen) atoms. The molecule has 0 unspecified atom stereocenters. The van der Waals surface area contributed by atoms with E-state index in [1.54, 1.807) is 0 Å². The van der Waals surface area contributed by atoms with Crippen LogP contribution >= 0.6 is 0 Å². The predicted octanol–water partition coefficient (Wildman–Crippen LogP) is 1.66. The van der Waals surface area contributed by atoms with Gasteiger partial charge in [0.15, 0.2) is 0 Å². The molecule has 0 N–H and O–H groups in total. The second-order valence-corrected chi connectivity index (χ2v) is 2.51. The summed E-state index contributed by atoms with van der Waals surface area (Å²) in [5, 5.41) is 10.3. The van der Waals surface area contributed by atoms with E-state index in [1.807, 2.05) is 0 Å². The van der Waals surface area contributed by atoms with E-state index in [4.69, 9.17) is 0 Å². The zero-order valence-electron chi connectivity index (χ0n) is 7.49. The third kappa shape index (κ3) is 1.90. The maximum atomic E-state index is 13.2. The van der Waals surface area contributed by atoms with Crippen LogP contribution in [0.15, 0.2) is 12.1 Å². The number of hydrogen-bond acceptors (Lipinski definition) is 4. The first-order valence-electron chi connectivity index (χ1n) is 3.69. The van der Waals surface area contributed by atoms with Gasteiger partial charge in [-0.25, -0.2) is 4.79 Å². The van der Waals surface area contributed by atoms with Crippen molar-refractivity contribution in [2.75, 3.05) is 7.11 Å². The number of methoxy groups -OCH3 is 1. The SMILES string of the molecule is COC(=O)c1ccc(F)c([N+](=O)[O-])c1F. The van der Waals surface area contributed by atoms with Crippen molar-refractivity contribution in [2.24, 2.45) is 0 Å². The molecular formula is C8H5F2NO4. The molecule has 0 atom stereocenters. The third-order valence-corrected chi connectivity index (χ3v) is 1.65. The maximum absolute atomic E-state index is 13.2. The second-order valence-electron chi connectivity index (χ2n) is 2.51. The molecule has 0 aliphatic rings. The molecule has 1 rings (SSSR count). The molecule has 80 valence electrons. The van der Waals surface area contributed by atoms with Gasteiger partial charge in [0.1, 0.15) is 5.56 Å². The highest BCUT2D eigenvalue weighted by Crippen LogP contribution is 2.24. The highest BCUT2D eigenvalue weighted by molar-refractivity contribution is 5.90. The number of nitro benzene ring substituents is 1. The predicted molar refractivity (Wildman–Crippen MR) is 44.4 cm³/mol. The topological polar surface area (TPSA) is 69.4 Å². The Balaban J connectivity index is 3.41. The van der Waals surface area contributed by atoms with Crippen LogP contribution in [0.4, 0.5) is 14.5 Å². The Morgan fingerprint density at radius 3 is 2.53 bits per heavy atom. The molecule has 7 heteroatoms. The monoisotopic (exact) mass is 217 g/mol. The molecule has 0 radical (unpaired) electrons. The van der Waals surface area contributed by atoms with Crippen molar-refractivity contribution in [3.63, 3.8) is 0 Å². The minimum absolute atomic E-state index is 0.632. The first kappa shape index (κ1) is 11.0. The minimum Gasteiger partial charge on any atom is -0.465 e. The molecule has 0 fully saturated rings. The highest BCUT2D eigenvalue weighted by atomic mass is 19.1. The molecule has 0 saturated carbocycles. The lowest BCUT2D eigenvalue weighted by Crippen LogP contribution is -2.08. The largest absolute Gasteiger partial charge is 0.465 e. The molecule has 0 spiro atoms. The Labute approximate surface area is 82.4 Å². The third-order valence-electron chi connectivity index (χ3n) is 1.65. The molecule has 0 saturated heterocycles. The fourth-order valence-corrected chi connectivity index (χ4v) is 0.976. The summed E-state index contributed by atoms with van der Waals surface area (Å²) in [5.74, 6) is -3.98. The van der Waals surface area contributed by atoms with Crippen LogP contribution in [-0.2, 0) is 4.74 Å². The molecule has 0 aromatic heterocycles. The van der Waals surface area contributed by atoms with Crippen LogP contribution in [0.3, 0.4) is 0 Å². The molecular weight excluding hydrogens is 212 g/mol. The Morgan fingerprint density at radius 1 is 1.47 bits per heavy atom. The van der Waals surface area contributed by atoms with Crippen LogP contribution in [0.2, 0.25) is 0 Å². The molecule has 0 heterocycles. The van der Waals surface area contributed by atoms with E-state index >= 15 is 0 Å². The summed E-state index contributed by atoms with van der Waals surface area (Å²) in [6, 6.07) is 1.41. The number of benzene rings is 1. The lowest BCUT2D eigenvalue weighted by molar-refractivity contribution is -0.390. The van der Waals surface area contributed by atoms with Crippen molar-refractivity contribution >= 4 is 11.7 Å². The smallest absolute Gasteiger partial charge is 0.341 e. The van der Waals surface area contributed by atoms with Gasteiger partial charge in [0.2, 0.25) is 11.6 Å². The maximum Gasteiger partial charge on any atom is 0.341 e. The number of halogens is 2. The van der Waals surface area contributed by atoms with Crippen molar-refractivity contribution in [1.82, 2.24) is 0 Å². The van der Waals surface area contributed by atoms with E-state index in [2.05, 4.69) is 4.74 Å². The van der Waals surface area contributed by atoms with E-state index < -0.39 is 33.8 Å². The van der Waals surface area contributed by atoms with Crippen LogP contribution in [-0.4, -0.2) is 18.0 Å².